The molecular weight excluding hydrogens is 537 g/mol. The van der Waals surface area contributed by atoms with Crippen molar-refractivity contribution in [1.82, 2.24) is 24.6 Å². The van der Waals surface area contributed by atoms with Gasteiger partial charge in [0.05, 0.1) is 15.6 Å². The number of aromatic nitrogens is 3. The number of benzene rings is 2. The van der Waals surface area contributed by atoms with Crippen molar-refractivity contribution in [3.05, 3.63) is 82.2 Å². The van der Waals surface area contributed by atoms with Gasteiger partial charge in [0.1, 0.15) is 11.6 Å². The highest BCUT2D eigenvalue weighted by atomic mass is 32.2. The fourth-order valence-corrected chi connectivity index (χ4v) is 6.79. The Balaban J connectivity index is 1.16. The minimum atomic E-state index is -3.59. The molecule has 3 N–H and O–H groups in total. The lowest BCUT2D eigenvalue weighted by molar-refractivity contribution is 0.289. The number of hydrogen-bond acceptors (Lipinski definition) is 9. The monoisotopic (exact) mass is 567 g/mol. The molecule has 204 valence electrons. The number of piperidine rings is 1. The summed E-state index contributed by atoms with van der Waals surface area (Å²) in [4.78, 5) is 14.6. The molecule has 1 aliphatic rings. The molecule has 1 fully saturated rings. The number of hydrogen-bond donors (Lipinski definition) is 3. The van der Waals surface area contributed by atoms with E-state index in [1.807, 2.05) is 13.8 Å². The van der Waals surface area contributed by atoms with E-state index < -0.39 is 10.0 Å². The van der Waals surface area contributed by atoms with Gasteiger partial charge in [-0.05, 0) is 81.3 Å². The average Bonchev–Trinajstić information content (AvgIpc) is 3.26. The summed E-state index contributed by atoms with van der Waals surface area (Å²) >= 11 is 1.70. The summed E-state index contributed by atoms with van der Waals surface area (Å²) in [6, 6.07) is 14.5. The molecule has 5 rings (SSSR count). The molecule has 0 atom stereocenters. The van der Waals surface area contributed by atoms with E-state index in [4.69, 9.17) is 0 Å². The topological polar surface area (TPSA) is 112 Å². The van der Waals surface area contributed by atoms with Crippen LogP contribution in [0.25, 0.3) is 0 Å². The zero-order chi connectivity index (χ0) is 27.4. The van der Waals surface area contributed by atoms with Crippen LogP contribution >= 0.6 is 11.3 Å². The molecule has 0 unspecified atom stereocenters. The lowest BCUT2D eigenvalue weighted by Crippen LogP contribution is -2.44. The zero-order valence-electron chi connectivity index (χ0n) is 21.7. The molecular formula is C27H30FN7O2S2. The van der Waals surface area contributed by atoms with Gasteiger partial charge in [-0.15, -0.1) is 11.3 Å². The van der Waals surface area contributed by atoms with Crippen LogP contribution in [-0.2, 0) is 16.6 Å². The Labute approximate surface area is 231 Å². The third-order valence-electron chi connectivity index (χ3n) is 6.53. The van der Waals surface area contributed by atoms with Crippen LogP contribution in [0.3, 0.4) is 0 Å². The van der Waals surface area contributed by atoms with Crippen LogP contribution in [-0.4, -0.2) is 46.8 Å². The van der Waals surface area contributed by atoms with E-state index in [2.05, 4.69) is 30.9 Å². The molecule has 0 bridgehead atoms. The predicted octanol–water partition coefficient (Wildman–Crippen LogP) is 5.12. The molecule has 0 radical (unpaired) electrons. The molecule has 0 aliphatic carbocycles. The highest BCUT2D eigenvalue weighted by molar-refractivity contribution is 7.89. The van der Waals surface area contributed by atoms with E-state index in [0.29, 0.717) is 36.2 Å². The first-order valence-electron chi connectivity index (χ1n) is 12.7. The minimum absolute atomic E-state index is 0.253. The molecule has 12 heteroatoms. The van der Waals surface area contributed by atoms with Crippen molar-refractivity contribution in [2.45, 2.75) is 44.2 Å². The second kappa shape index (κ2) is 11.7. The van der Waals surface area contributed by atoms with Gasteiger partial charge in [0.15, 0.2) is 0 Å². The fraction of sp³-hybridized carbons (Fsp3) is 0.296. The van der Waals surface area contributed by atoms with E-state index in [0.717, 1.165) is 30.1 Å². The fourth-order valence-electron chi connectivity index (χ4n) is 4.43. The highest BCUT2D eigenvalue weighted by Gasteiger charge is 2.29. The number of aryl methyl sites for hydroxylation is 2. The molecule has 0 amide bonds. The van der Waals surface area contributed by atoms with Gasteiger partial charge >= 0.3 is 0 Å². The van der Waals surface area contributed by atoms with Gasteiger partial charge in [0, 0.05) is 48.1 Å². The molecule has 4 aromatic rings. The van der Waals surface area contributed by atoms with Gasteiger partial charge < -0.3 is 16.0 Å². The van der Waals surface area contributed by atoms with Gasteiger partial charge in [-0.3, -0.25) is 0 Å². The lowest BCUT2D eigenvalue weighted by atomic mass is 10.1. The van der Waals surface area contributed by atoms with Crippen LogP contribution in [0, 0.1) is 19.7 Å². The number of nitrogens with one attached hydrogen (secondary N) is 3. The second-order valence-electron chi connectivity index (χ2n) is 9.35. The third-order valence-corrected chi connectivity index (χ3v) is 9.51. The Morgan fingerprint density at radius 1 is 0.949 bits per heavy atom. The molecule has 2 aromatic carbocycles. The Morgan fingerprint density at radius 3 is 2.28 bits per heavy atom. The number of thiazole rings is 1. The largest absolute Gasteiger partial charge is 0.340 e. The van der Waals surface area contributed by atoms with Crippen molar-refractivity contribution in [2.75, 3.05) is 23.7 Å². The van der Waals surface area contributed by atoms with Crippen LogP contribution in [0.4, 0.5) is 27.5 Å². The minimum Gasteiger partial charge on any atom is -0.340 e. The van der Waals surface area contributed by atoms with Gasteiger partial charge in [-0.25, -0.2) is 22.8 Å². The number of halogens is 1. The Bertz CT molecular complexity index is 1520. The number of sulfonamides is 1. The van der Waals surface area contributed by atoms with Crippen molar-refractivity contribution in [3.8, 4) is 0 Å². The molecule has 1 aliphatic heterocycles. The smallest absolute Gasteiger partial charge is 0.243 e. The van der Waals surface area contributed by atoms with Crippen molar-refractivity contribution in [1.29, 1.82) is 0 Å². The number of nitrogens with zero attached hydrogens (tertiary/aromatic N) is 4. The third kappa shape index (κ3) is 6.77. The predicted molar refractivity (Wildman–Crippen MR) is 152 cm³/mol. The summed E-state index contributed by atoms with van der Waals surface area (Å²) < 4.78 is 41.2. The molecule has 39 heavy (non-hydrogen) atoms. The van der Waals surface area contributed by atoms with Crippen LogP contribution < -0.4 is 16.0 Å². The van der Waals surface area contributed by atoms with Crippen LogP contribution in [0.5, 0.6) is 0 Å². The van der Waals surface area contributed by atoms with Gasteiger partial charge in [-0.2, -0.15) is 9.29 Å². The Kier molecular flexibility index (Phi) is 8.17. The van der Waals surface area contributed by atoms with Crippen LogP contribution in [0.2, 0.25) is 0 Å². The van der Waals surface area contributed by atoms with Crippen molar-refractivity contribution in [3.63, 3.8) is 0 Å². The first-order chi connectivity index (χ1) is 18.8. The van der Waals surface area contributed by atoms with Gasteiger partial charge in [0.2, 0.25) is 16.0 Å². The molecule has 0 spiro atoms. The van der Waals surface area contributed by atoms with Crippen LogP contribution in [0.1, 0.15) is 28.4 Å². The lowest BCUT2D eigenvalue weighted by Gasteiger charge is -2.31. The van der Waals surface area contributed by atoms with Crippen LogP contribution in [0.15, 0.2) is 65.7 Å². The maximum Gasteiger partial charge on any atom is 0.243 e. The summed E-state index contributed by atoms with van der Waals surface area (Å²) in [6.45, 7) is 5.74. The molecule has 3 heterocycles. The maximum atomic E-state index is 13.3. The van der Waals surface area contributed by atoms with Crippen molar-refractivity contribution >= 4 is 44.5 Å². The van der Waals surface area contributed by atoms with Crippen molar-refractivity contribution < 1.29 is 12.8 Å². The van der Waals surface area contributed by atoms with E-state index >= 15 is 0 Å². The summed E-state index contributed by atoms with van der Waals surface area (Å²) in [5.74, 6) is 0.565. The summed E-state index contributed by atoms with van der Waals surface area (Å²) in [7, 11) is -3.59. The Hall–Kier alpha value is -3.45. The highest BCUT2D eigenvalue weighted by Crippen LogP contribution is 2.24. The summed E-state index contributed by atoms with van der Waals surface area (Å²) in [5.41, 5.74) is 2.41. The normalized spacial score (nSPS) is 14.8. The number of rotatable bonds is 9. The Morgan fingerprint density at radius 2 is 1.62 bits per heavy atom. The summed E-state index contributed by atoms with van der Waals surface area (Å²) in [5, 5.41) is 10.8. The zero-order valence-corrected chi connectivity index (χ0v) is 23.3. The van der Waals surface area contributed by atoms with E-state index in [-0.39, 0.29) is 16.8 Å². The van der Waals surface area contributed by atoms with Gasteiger partial charge in [-0.1, -0.05) is 0 Å². The van der Waals surface area contributed by atoms with Gasteiger partial charge in [0.25, 0.3) is 0 Å². The molecule has 9 nitrogen and oxygen atoms in total. The standard InChI is InChI=1S/C27H30FN7O2S2/c1-18-25(38-19(2)31-18)17-30-21-12-15-35(16-13-21)39(36,37)24-9-7-23(8-10-24)33-27-29-14-11-26(34-27)32-22-5-3-20(28)4-6-22/h3-11,14,21,30H,12-13,15-17H2,1-2H3,(H2,29,32,33,34). The quantitative estimate of drug-likeness (QED) is 0.256. The molecule has 0 saturated carbocycles. The second-order valence-corrected chi connectivity index (χ2v) is 12.6. The van der Waals surface area contributed by atoms with E-state index in [1.54, 1.807) is 64.3 Å². The maximum absolute atomic E-state index is 13.3. The van der Waals surface area contributed by atoms with E-state index in [9.17, 15) is 12.8 Å². The number of anilines is 4. The van der Waals surface area contributed by atoms with Crippen molar-refractivity contribution in [2.24, 2.45) is 0 Å². The first-order valence-corrected chi connectivity index (χ1v) is 14.9. The SMILES string of the molecule is Cc1nc(C)c(CNC2CCN(S(=O)(=O)c3ccc(Nc4nccc(Nc5ccc(F)cc5)n4)cc3)CC2)s1. The molecule has 2 aromatic heterocycles. The summed E-state index contributed by atoms with van der Waals surface area (Å²) in [6.07, 6.45) is 3.11. The van der Waals surface area contributed by atoms with E-state index in [1.165, 1.54) is 17.0 Å². The average molecular weight is 568 g/mol. The molecule has 1 saturated heterocycles. The first kappa shape index (κ1) is 27.1.